The highest BCUT2D eigenvalue weighted by Gasteiger charge is 2.05. The maximum absolute atomic E-state index is 12.8. The molecule has 0 aromatic carbocycles. The first-order valence-corrected chi connectivity index (χ1v) is 4.83. The van der Waals surface area contributed by atoms with Crippen LogP contribution in [-0.2, 0) is 6.42 Å². The molecule has 0 radical (unpaired) electrons. The van der Waals surface area contributed by atoms with Gasteiger partial charge in [-0.1, -0.05) is 6.92 Å². The van der Waals surface area contributed by atoms with Gasteiger partial charge in [0.1, 0.15) is 0 Å². The Morgan fingerprint density at radius 2 is 2.21 bits per heavy atom. The molecule has 78 valence electrons. The van der Waals surface area contributed by atoms with Gasteiger partial charge >= 0.3 is 0 Å². The average Bonchev–Trinajstić information content (AvgIpc) is 2.01. The van der Waals surface area contributed by atoms with E-state index in [4.69, 9.17) is 0 Å². The highest BCUT2D eigenvalue weighted by molar-refractivity contribution is 5.11. The molecule has 0 aliphatic heterocycles. The van der Waals surface area contributed by atoms with Crippen molar-refractivity contribution >= 4 is 0 Å². The zero-order valence-electron chi connectivity index (χ0n) is 9.00. The van der Waals surface area contributed by atoms with E-state index in [1.165, 1.54) is 12.3 Å². The van der Waals surface area contributed by atoms with Crippen molar-refractivity contribution in [1.82, 2.24) is 9.88 Å². The highest BCUT2D eigenvalue weighted by Crippen LogP contribution is 2.09. The highest BCUT2D eigenvalue weighted by atomic mass is 19.1. The Morgan fingerprint density at radius 3 is 2.79 bits per heavy atom. The fourth-order valence-electron chi connectivity index (χ4n) is 1.66. The van der Waals surface area contributed by atoms with E-state index in [2.05, 4.69) is 16.8 Å². The van der Waals surface area contributed by atoms with Crippen molar-refractivity contribution in [1.29, 1.82) is 0 Å². The number of rotatable bonds is 4. The third-order valence-electron chi connectivity index (χ3n) is 2.05. The number of halogens is 1. The van der Waals surface area contributed by atoms with Crippen molar-refractivity contribution in [2.75, 3.05) is 20.6 Å². The fourth-order valence-corrected chi connectivity index (χ4v) is 1.66. The molecule has 0 unspecified atom stereocenters. The van der Waals surface area contributed by atoms with Gasteiger partial charge in [0.15, 0.2) is 0 Å². The van der Waals surface area contributed by atoms with Gasteiger partial charge in [-0.3, -0.25) is 0 Å². The molecule has 0 N–H and O–H groups in total. The SMILES string of the molecule is C[C@@H](Cc1ccnc(F)c1)CN(C)C. The van der Waals surface area contributed by atoms with Crippen LogP contribution < -0.4 is 0 Å². The van der Waals surface area contributed by atoms with Gasteiger partial charge in [-0.25, -0.2) is 4.98 Å². The van der Waals surface area contributed by atoms with Gasteiger partial charge in [0.05, 0.1) is 0 Å². The quantitative estimate of drug-likeness (QED) is 0.684. The third kappa shape index (κ3) is 3.83. The molecule has 1 atom stereocenters. The van der Waals surface area contributed by atoms with Crippen molar-refractivity contribution in [3.8, 4) is 0 Å². The van der Waals surface area contributed by atoms with Gasteiger partial charge < -0.3 is 4.90 Å². The molecule has 0 aliphatic carbocycles. The molecule has 1 aromatic rings. The smallest absolute Gasteiger partial charge is 0.213 e. The lowest BCUT2D eigenvalue weighted by Crippen LogP contribution is -2.21. The van der Waals surface area contributed by atoms with Crippen LogP contribution in [0, 0.1) is 11.9 Å². The maximum atomic E-state index is 12.8. The topological polar surface area (TPSA) is 16.1 Å². The lowest BCUT2D eigenvalue weighted by molar-refractivity contribution is 0.338. The third-order valence-corrected chi connectivity index (χ3v) is 2.05. The summed E-state index contributed by atoms with van der Waals surface area (Å²) in [6.45, 7) is 3.18. The first-order valence-electron chi connectivity index (χ1n) is 4.83. The van der Waals surface area contributed by atoms with Crippen molar-refractivity contribution < 1.29 is 4.39 Å². The van der Waals surface area contributed by atoms with Crippen LogP contribution in [0.1, 0.15) is 12.5 Å². The Labute approximate surface area is 84.8 Å². The molecule has 0 aliphatic rings. The summed E-state index contributed by atoms with van der Waals surface area (Å²) in [6.07, 6.45) is 2.42. The minimum absolute atomic E-state index is 0.389. The minimum Gasteiger partial charge on any atom is -0.309 e. The van der Waals surface area contributed by atoms with Crippen LogP contribution >= 0.6 is 0 Å². The zero-order chi connectivity index (χ0) is 10.6. The molecule has 14 heavy (non-hydrogen) atoms. The van der Waals surface area contributed by atoms with E-state index in [1.807, 2.05) is 20.2 Å². The summed E-state index contributed by atoms with van der Waals surface area (Å²) < 4.78 is 12.8. The number of nitrogens with zero attached hydrogens (tertiary/aromatic N) is 2. The van der Waals surface area contributed by atoms with Crippen molar-refractivity contribution in [3.05, 3.63) is 29.8 Å². The van der Waals surface area contributed by atoms with Crippen LogP contribution in [-0.4, -0.2) is 30.5 Å². The van der Waals surface area contributed by atoms with E-state index in [0.717, 1.165) is 18.5 Å². The normalized spacial score (nSPS) is 13.2. The Morgan fingerprint density at radius 1 is 1.50 bits per heavy atom. The molecule has 0 amide bonds. The molecule has 0 bridgehead atoms. The number of hydrogen-bond donors (Lipinski definition) is 0. The molecule has 0 saturated heterocycles. The van der Waals surface area contributed by atoms with E-state index in [-0.39, 0.29) is 5.95 Å². The van der Waals surface area contributed by atoms with Crippen LogP contribution in [0.3, 0.4) is 0 Å². The number of hydrogen-bond acceptors (Lipinski definition) is 2. The monoisotopic (exact) mass is 196 g/mol. The van der Waals surface area contributed by atoms with Crippen LogP contribution in [0.4, 0.5) is 4.39 Å². The van der Waals surface area contributed by atoms with Gasteiger partial charge in [-0.05, 0) is 44.1 Å². The largest absolute Gasteiger partial charge is 0.309 e. The van der Waals surface area contributed by atoms with Crippen molar-refractivity contribution in [3.63, 3.8) is 0 Å². The summed E-state index contributed by atoms with van der Waals surface area (Å²) in [4.78, 5) is 5.67. The summed E-state index contributed by atoms with van der Waals surface area (Å²) >= 11 is 0. The standard InChI is InChI=1S/C11H17FN2/c1-9(8-14(2)3)6-10-4-5-13-11(12)7-10/h4-5,7,9H,6,8H2,1-3H3/t9-/m0/s1. The molecule has 0 fully saturated rings. The second-order valence-electron chi connectivity index (χ2n) is 4.06. The predicted octanol–water partition coefficient (Wildman–Crippen LogP) is 1.96. The second-order valence-corrected chi connectivity index (χ2v) is 4.06. The molecule has 1 heterocycles. The fraction of sp³-hybridized carbons (Fsp3) is 0.545. The van der Waals surface area contributed by atoms with E-state index in [9.17, 15) is 4.39 Å². The van der Waals surface area contributed by atoms with E-state index in [1.54, 1.807) is 0 Å². The predicted molar refractivity (Wildman–Crippen MR) is 55.6 cm³/mol. The first kappa shape index (κ1) is 11.1. The van der Waals surface area contributed by atoms with E-state index in [0.29, 0.717) is 5.92 Å². The first-order chi connectivity index (χ1) is 6.58. The molecular formula is C11H17FN2. The zero-order valence-corrected chi connectivity index (χ0v) is 9.00. The van der Waals surface area contributed by atoms with Crippen LogP contribution in [0.5, 0.6) is 0 Å². The minimum atomic E-state index is -0.389. The Balaban J connectivity index is 2.51. The van der Waals surface area contributed by atoms with Gasteiger partial charge in [0.25, 0.3) is 0 Å². The average molecular weight is 196 g/mol. The summed E-state index contributed by atoms with van der Waals surface area (Å²) in [5, 5.41) is 0. The number of aromatic nitrogens is 1. The van der Waals surface area contributed by atoms with Crippen LogP contribution in [0.25, 0.3) is 0 Å². The summed E-state index contributed by atoms with van der Waals surface area (Å²) in [5.74, 6) is 0.145. The number of pyridine rings is 1. The van der Waals surface area contributed by atoms with Crippen LogP contribution in [0.2, 0.25) is 0 Å². The van der Waals surface area contributed by atoms with Crippen molar-refractivity contribution in [2.45, 2.75) is 13.3 Å². The van der Waals surface area contributed by atoms with Crippen molar-refractivity contribution in [2.24, 2.45) is 5.92 Å². The Bertz CT molecular complexity index is 286. The van der Waals surface area contributed by atoms with E-state index >= 15 is 0 Å². The summed E-state index contributed by atoms with van der Waals surface area (Å²) in [5.41, 5.74) is 1.02. The van der Waals surface area contributed by atoms with Gasteiger partial charge in [0, 0.05) is 12.7 Å². The molecule has 3 heteroatoms. The molecule has 1 rings (SSSR count). The second kappa shape index (κ2) is 5.05. The van der Waals surface area contributed by atoms with E-state index < -0.39 is 0 Å². The summed E-state index contributed by atoms with van der Waals surface area (Å²) in [7, 11) is 4.09. The molecule has 0 saturated carbocycles. The Hall–Kier alpha value is -0.960. The molecule has 1 aromatic heterocycles. The maximum Gasteiger partial charge on any atom is 0.213 e. The summed E-state index contributed by atoms with van der Waals surface area (Å²) in [6, 6.07) is 3.38. The van der Waals surface area contributed by atoms with Crippen LogP contribution in [0.15, 0.2) is 18.3 Å². The van der Waals surface area contributed by atoms with Gasteiger partial charge in [0.2, 0.25) is 5.95 Å². The molecule has 0 spiro atoms. The van der Waals surface area contributed by atoms with Gasteiger partial charge in [-0.2, -0.15) is 4.39 Å². The molecule has 2 nitrogen and oxygen atoms in total. The Kier molecular flexibility index (Phi) is 4.01. The lowest BCUT2D eigenvalue weighted by atomic mass is 10.0. The molecular weight excluding hydrogens is 179 g/mol. The lowest BCUT2D eigenvalue weighted by Gasteiger charge is -2.16. The van der Waals surface area contributed by atoms with Gasteiger partial charge in [-0.15, -0.1) is 0 Å².